The van der Waals surface area contributed by atoms with E-state index in [1.807, 2.05) is 91.9 Å². The molecule has 0 aliphatic heterocycles. The van der Waals surface area contributed by atoms with Crippen LogP contribution in [0.15, 0.2) is 84.9 Å². The van der Waals surface area contributed by atoms with E-state index in [9.17, 15) is 14.4 Å². The fourth-order valence-corrected chi connectivity index (χ4v) is 4.08. The van der Waals surface area contributed by atoms with Crippen LogP contribution >= 0.6 is 12.6 Å². The van der Waals surface area contributed by atoms with E-state index >= 15 is 0 Å². The number of primary amides is 1. The highest BCUT2D eigenvalue weighted by Gasteiger charge is 2.29. The molecule has 0 aromatic heterocycles. The van der Waals surface area contributed by atoms with Crippen LogP contribution in [0.5, 0.6) is 0 Å². The van der Waals surface area contributed by atoms with Gasteiger partial charge in [0, 0.05) is 12.2 Å². The topological polar surface area (TPSA) is 101 Å². The molecule has 3 rings (SSSR count). The van der Waals surface area contributed by atoms with Gasteiger partial charge in [-0.25, -0.2) is 0 Å². The van der Waals surface area contributed by atoms with Gasteiger partial charge in [0.2, 0.25) is 17.7 Å². The summed E-state index contributed by atoms with van der Waals surface area (Å²) in [5.41, 5.74) is 8.93. The maximum Gasteiger partial charge on any atom is 0.243 e. The van der Waals surface area contributed by atoms with Crippen LogP contribution in [0.1, 0.15) is 28.2 Å². The van der Waals surface area contributed by atoms with Gasteiger partial charge in [0.15, 0.2) is 0 Å². The summed E-state index contributed by atoms with van der Waals surface area (Å²) in [6.45, 7) is 1.96. The molecule has 0 aliphatic rings. The van der Waals surface area contributed by atoms with Crippen LogP contribution in [0.3, 0.4) is 0 Å². The molecule has 4 N–H and O–H groups in total. The van der Waals surface area contributed by atoms with E-state index in [0.29, 0.717) is 0 Å². The number of amides is 3. The predicted molar refractivity (Wildman–Crippen MR) is 137 cm³/mol. The predicted octanol–water partition coefficient (Wildman–Crippen LogP) is 2.75. The Balaban J connectivity index is 1.91. The zero-order valence-corrected chi connectivity index (χ0v) is 19.9. The van der Waals surface area contributed by atoms with E-state index in [4.69, 9.17) is 5.73 Å². The van der Waals surface area contributed by atoms with Crippen LogP contribution in [0.4, 0.5) is 0 Å². The van der Waals surface area contributed by atoms with Gasteiger partial charge >= 0.3 is 0 Å². The standard InChI is InChI=1S/C27H29N3O3S/c1-18-9-8-10-19(15-18)16-22(26(32)30-23(17-34)25(28)31)29-27(33)24(20-11-4-2-5-12-20)21-13-6-3-7-14-21/h2-15,22-24,34H,16-17H2,1H3,(H2,28,31)(H,29,33)(H,30,32)/t22-,23-/m0/s1. The van der Waals surface area contributed by atoms with Gasteiger partial charge in [0.05, 0.1) is 5.92 Å². The molecule has 0 heterocycles. The third-order valence-electron chi connectivity index (χ3n) is 5.53. The highest BCUT2D eigenvalue weighted by atomic mass is 32.1. The summed E-state index contributed by atoms with van der Waals surface area (Å²) in [6, 6.07) is 24.7. The zero-order chi connectivity index (χ0) is 24.5. The van der Waals surface area contributed by atoms with Crippen molar-refractivity contribution in [2.75, 3.05) is 5.75 Å². The molecule has 3 aromatic rings. The van der Waals surface area contributed by atoms with Crippen molar-refractivity contribution in [3.05, 3.63) is 107 Å². The monoisotopic (exact) mass is 475 g/mol. The maximum absolute atomic E-state index is 13.6. The summed E-state index contributed by atoms with van der Waals surface area (Å²) in [7, 11) is 0. The molecule has 0 saturated carbocycles. The molecule has 6 nitrogen and oxygen atoms in total. The second kappa shape index (κ2) is 12.0. The Bertz CT molecular complexity index is 1080. The zero-order valence-electron chi connectivity index (χ0n) is 19.0. The SMILES string of the molecule is Cc1cccc(C[C@H](NC(=O)C(c2ccccc2)c2ccccc2)C(=O)N[C@@H](CS)C(N)=O)c1. The largest absolute Gasteiger partial charge is 0.368 e. The molecule has 0 unspecified atom stereocenters. The van der Waals surface area contributed by atoms with Crippen molar-refractivity contribution in [3.63, 3.8) is 0 Å². The molecule has 0 saturated heterocycles. The second-order valence-corrected chi connectivity index (χ2v) is 8.52. The molecule has 34 heavy (non-hydrogen) atoms. The molecule has 176 valence electrons. The molecule has 7 heteroatoms. The second-order valence-electron chi connectivity index (χ2n) is 8.15. The first-order valence-electron chi connectivity index (χ1n) is 11.1. The Kier molecular flexibility index (Phi) is 8.87. The van der Waals surface area contributed by atoms with E-state index in [1.165, 1.54) is 0 Å². The fraction of sp³-hybridized carbons (Fsp3) is 0.222. The van der Waals surface area contributed by atoms with Gasteiger partial charge in [-0.1, -0.05) is 90.5 Å². The third kappa shape index (κ3) is 6.71. The van der Waals surface area contributed by atoms with Gasteiger partial charge < -0.3 is 16.4 Å². The minimum Gasteiger partial charge on any atom is -0.368 e. The molecule has 3 aromatic carbocycles. The van der Waals surface area contributed by atoms with Crippen LogP contribution in [-0.2, 0) is 20.8 Å². The smallest absolute Gasteiger partial charge is 0.243 e. The molecule has 0 bridgehead atoms. The lowest BCUT2D eigenvalue weighted by molar-refractivity contribution is -0.131. The van der Waals surface area contributed by atoms with E-state index in [2.05, 4.69) is 23.3 Å². The van der Waals surface area contributed by atoms with Crippen LogP contribution < -0.4 is 16.4 Å². The van der Waals surface area contributed by atoms with Crippen molar-refractivity contribution in [3.8, 4) is 0 Å². The summed E-state index contributed by atoms with van der Waals surface area (Å²) in [5, 5.41) is 5.54. The Labute approximate surface area is 205 Å². The van der Waals surface area contributed by atoms with Crippen molar-refractivity contribution in [1.29, 1.82) is 0 Å². The summed E-state index contributed by atoms with van der Waals surface area (Å²) >= 11 is 4.11. The number of rotatable bonds is 10. The number of aryl methyl sites for hydroxylation is 1. The van der Waals surface area contributed by atoms with Crippen molar-refractivity contribution in [2.24, 2.45) is 5.73 Å². The van der Waals surface area contributed by atoms with E-state index in [1.54, 1.807) is 0 Å². The van der Waals surface area contributed by atoms with Crippen molar-refractivity contribution >= 4 is 30.4 Å². The Morgan fingerprint density at radius 3 is 1.85 bits per heavy atom. The lowest BCUT2D eigenvalue weighted by Crippen LogP contribution is -2.55. The summed E-state index contributed by atoms with van der Waals surface area (Å²) in [6.07, 6.45) is 0.258. The number of thiol groups is 1. The number of hydrogen-bond donors (Lipinski definition) is 4. The van der Waals surface area contributed by atoms with E-state index in [0.717, 1.165) is 22.3 Å². The number of carbonyl (C=O) groups is 3. The van der Waals surface area contributed by atoms with Gasteiger partial charge in [-0.2, -0.15) is 12.6 Å². The maximum atomic E-state index is 13.6. The van der Waals surface area contributed by atoms with E-state index in [-0.39, 0.29) is 18.1 Å². The summed E-state index contributed by atoms with van der Waals surface area (Å²) in [4.78, 5) is 38.4. The van der Waals surface area contributed by atoms with Crippen molar-refractivity contribution < 1.29 is 14.4 Å². The van der Waals surface area contributed by atoms with E-state index < -0.39 is 29.8 Å². The summed E-state index contributed by atoms with van der Waals surface area (Å²) < 4.78 is 0. The van der Waals surface area contributed by atoms with Crippen LogP contribution in [0.25, 0.3) is 0 Å². The minimum atomic E-state index is -0.938. The van der Waals surface area contributed by atoms with Gasteiger partial charge in [-0.3, -0.25) is 14.4 Å². The first-order valence-corrected chi connectivity index (χ1v) is 11.7. The van der Waals surface area contributed by atoms with Crippen molar-refractivity contribution in [2.45, 2.75) is 31.3 Å². The Hall–Kier alpha value is -3.58. The lowest BCUT2D eigenvalue weighted by Gasteiger charge is -2.24. The van der Waals surface area contributed by atoms with Crippen molar-refractivity contribution in [1.82, 2.24) is 10.6 Å². The van der Waals surface area contributed by atoms with Crippen LogP contribution in [0.2, 0.25) is 0 Å². The number of nitrogens with one attached hydrogen (secondary N) is 2. The first kappa shape index (κ1) is 25.1. The lowest BCUT2D eigenvalue weighted by atomic mass is 9.90. The quantitative estimate of drug-likeness (QED) is 0.339. The van der Waals surface area contributed by atoms with Gasteiger partial charge in [0.25, 0.3) is 0 Å². The molecule has 3 amide bonds. The number of carbonyl (C=O) groups excluding carboxylic acids is 3. The minimum absolute atomic E-state index is 0.0584. The first-order chi connectivity index (χ1) is 16.4. The van der Waals surface area contributed by atoms with Gasteiger partial charge in [-0.15, -0.1) is 0 Å². The number of benzene rings is 3. The molecule has 0 fully saturated rings. The molecular weight excluding hydrogens is 446 g/mol. The highest BCUT2D eigenvalue weighted by Crippen LogP contribution is 2.25. The highest BCUT2D eigenvalue weighted by molar-refractivity contribution is 7.80. The van der Waals surface area contributed by atoms with Crippen LogP contribution in [0, 0.1) is 6.92 Å². The molecule has 2 atom stereocenters. The molecule has 0 radical (unpaired) electrons. The molecular formula is C27H29N3O3S. The molecule has 0 spiro atoms. The van der Waals surface area contributed by atoms with Gasteiger partial charge in [0.1, 0.15) is 12.1 Å². The Morgan fingerprint density at radius 2 is 1.35 bits per heavy atom. The number of nitrogens with two attached hydrogens (primary N) is 1. The third-order valence-corrected chi connectivity index (χ3v) is 5.89. The average molecular weight is 476 g/mol. The fourth-order valence-electron chi connectivity index (χ4n) is 3.80. The summed E-state index contributed by atoms with van der Waals surface area (Å²) in [5.74, 6) is -2.04. The van der Waals surface area contributed by atoms with Crippen LogP contribution in [-0.4, -0.2) is 35.6 Å². The normalized spacial score (nSPS) is 12.6. The molecule has 0 aliphatic carbocycles. The number of hydrogen-bond acceptors (Lipinski definition) is 4. The average Bonchev–Trinajstić information content (AvgIpc) is 2.83. The van der Waals surface area contributed by atoms with Gasteiger partial charge in [-0.05, 0) is 23.6 Å². The Morgan fingerprint density at radius 1 is 0.794 bits per heavy atom.